The Morgan fingerprint density at radius 3 is 0.906 bits per heavy atom. The van der Waals surface area contributed by atoms with E-state index in [1.54, 1.807) is 0 Å². The van der Waals surface area contributed by atoms with Crippen molar-refractivity contribution in [3.63, 3.8) is 0 Å². The highest BCUT2D eigenvalue weighted by molar-refractivity contribution is 6.17. The van der Waals surface area contributed by atoms with E-state index in [-0.39, 0.29) is 0 Å². The number of anilines is 3. The molecule has 0 amide bonds. The van der Waals surface area contributed by atoms with Crippen LogP contribution in [0.1, 0.15) is 117 Å². The van der Waals surface area contributed by atoms with Crippen LogP contribution in [0.2, 0.25) is 0 Å². The zero-order valence-corrected chi connectivity index (χ0v) is 36.9. The molecule has 6 aromatic rings. The van der Waals surface area contributed by atoms with Gasteiger partial charge in [-0.3, -0.25) is 0 Å². The zero-order valence-electron chi connectivity index (χ0n) is 36.9. The maximum atomic E-state index is 4.10. The normalized spacial score (nSPS) is 11.9. The molecule has 0 aliphatic carbocycles. The van der Waals surface area contributed by atoms with Gasteiger partial charge in [0.1, 0.15) is 0 Å². The minimum Gasteiger partial charge on any atom is -0.354 e. The summed E-state index contributed by atoms with van der Waals surface area (Å²) in [5.41, 5.74) is 38.0. The third-order valence-corrected chi connectivity index (χ3v) is 15.0. The van der Waals surface area contributed by atoms with Crippen LogP contribution in [0, 0.1) is 145 Å². The van der Waals surface area contributed by atoms with E-state index in [4.69, 9.17) is 0 Å². The molecule has 2 heteroatoms. The lowest BCUT2D eigenvalue weighted by Gasteiger charge is -2.38. The molecule has 0 unspecified atom stereocenters. The highest BCUT2D eigenvalue weighted by Crippen LogP contribution is 2.53. The zero-order chi connectivity index (χ0) is 39.6. The Kier molecular flexibility index (Phi) is 9.37. The summed E-state index contributed by atoms with van der Waals surface area (Å²) >= 11 is 0. The number of nitrogens with zero attached hydrogens (tertiary/aromatic N) is 1. The second-order valence-electron chi connectivity index (χ2n) is 16.9. The van der Waals surface area contributed by atoms with Gasteiger partial charge in [-0.05, 0) is 268 Å². The van der Waals surface area contributed by atoms with Crippen molar-refractivity contribution in [2.75, 3.05) is 4.90 Å². The fourth-order valence-corrected chi connectivity index (χ4v) is 9.82. The first-order valence-electron chi connectivity index (χ1n) is 19.7. The second kappa shape index (κ2) is 12.9. The van der Waals surface area contributed by atoms with Gasteiger partial charge in [0, 0.05) is 21.9 Å². The lowest BCUT2D eigenvalue weighted by Crippen LogP contribution is -2.21. The van der Waals surface area contributed by atoms with E-state index in [9.17, 15) is 0 Å². The van der Waals surface area contributed by atoms with Crippen molar-refractivity contribution in [3.05, 3.63) is 117 Å². The Balaban J connectivity index is 1.89. The van der Waals surface area contributed by atoms with Gasteiger partial charge in [-0.2, -0.15) is 0 Å². The fraction of sp³-hybridized carbons (Fsp3) is 0.412. The summed E-state index contributed by atoms with van der Waals surface area (Å²) in [6, 6.07) is 0. The van der Waals surface area contributed by atoms with E-state index in [0.29, 0.717) is 0 Å². The Morgan fingerprint density at radius 1 is 0.226 bits per heavy atom. The molecule has 1 aromatic heterocycles. The number of aromatic nitrogens is 1. The predicted molar refractivity (Wildman–Crippen MR) is 235 cm³/mol. The van der Waals surface area contributed by atoms with Gasteiger partial charge in [0.05, 0.1) is 22.6 Å². The van der Waals surface area contributed by atoms with E-state index >= 15 is 0 Å². The molecule has 0 aliphatic rings. The highest BCUT2D eigenvalue weighted by atomic mass is 15.2. The van der Waals surface area contributed by atoms with Crippen molar-refractivity contribution >= 4 is 38.9 Å². The number of nitrogens with one attached hydrogen (secondary N) is 1. The summed E-state index contributed by atoms with van der Waals surface area (Å²) < 4.78 is 0. The van der Waals surface area contributed by atoms with Crippen molar-refractivity contribution in [1.29, 1.82) is 0 Å². The summed E-state index contributed by atoms with van der Waals surface area (Å²) in [7, 11) is 0. The Labute approximate surface area is 321 Å². The summed E-state index contributed by atoms with van der Waals surface area (Å²) in [5, 5.41) is 2.77. The maximum absolute atomic E-state index is 4.10. The van der Waals surface area contributed by atoms with Gasteiger partial charge in [-0.1, -0.05) is 0 Å². The van der Waals surface area contributed by atoms with E-state index in [0.717, 1.165) is 0 Å². The van der Waals surface area contributed by atoms with Crippen molar-refractivity contribution < 1.29 is 0 Å². The van der Waals surface area contributed by atoms with Crippen LogP contribution in [-0.2, 0) is 0 Å². The maximum Gasteiger partial charge on any atom is 0.0550 e. The third kappa shape index (κ3) is 5.10. The molecule has 0 spiro atoms. The number of rotatable bonds is 4. The third-order valence-electron chi connectivity index (χ3n) is 15.0. The molecule has 1 N–H and O–H groups in total. The number of fused-ring (bicyclic) bond motifs is 3. The first kappa shape index (κ1) is 38.4. The van der Waals surface area contributed by atoms with Gasteiger partial charge in [0.25, 0.3) is 0 Å². The summed E-state index contributed by atoms with van der Waals surface area (Å²) in [5.74, 6) is 0. The minimum atomic E-state index is 1.27. The monoisotopic (exact) mass is 705 g/mol. The number of benzene rings is 5. The Hall–Kier alpha value is -4.30. The lowest BCUT2D eigenvalue weighted by atomic mass is 9.81. The minimum absolute atomic E-state index is 1.27. The molecule has 2 nitrogen and oxygen atoms in total. The van der Waals surface area contributed by atoms with Crippen molar-refractivity contribution in [2.24, 2.45) is 0 Å². The summed E-state index contributed by atoms with van der Waals surface area (Å²) in [6.07, 6.45) is 0. The molecular formula is C51H64N2. The molecule has 0 fully saturated rings. The van der Waals surface area contributed by atoms with Gasteiger partial charge >= 0.3 is 0 Å². The van der Waals surface area contributed by atoms with E-state index in [2.05, 4.69) is 155 Å². The quantitative estimate of drug-likeness (QED) is 0.194. The molecule has 1 heterocycles. The van der Waals surface area contributed by atoms with Crippen molar-refractivity contribution in [1.82, 2.24) is 4.98 Å². The van der Waals surface area contributed by atoms with Crippen LogP contribution in [0.5, 0.6) is 0 Å². The van der Waals surface area contributed by atoms with Crippen LogP contribution in [0.25, 0.3) is 32.9 Å². The molecule has 6 rings (SSSR count). The fourth-order valence-electron chi connectivity index (χ4n) is 9.82. The van der Waals surface area contributed by atoms with Crippen LogP contribution < -0.4 is 4.90 Å². The molecule has 278 valence electrons. The van der Waals surface area contributed by atoms with Crippen molar-refractivity contribution in [2.45, 2.75) is 145 Å². The van der Waals surface area contributed by atoms with Crippen molar-refractivity contribution in [3.8, 4) is 11.1 Å². The van der Waals surface area contributed by atoms with Gasteiger partial charge < -0.3 is 9.88 Å². The number of hydrogen-bond acceptors (Lipinski definition) is 1. The van der Waals surface area contributed by atoms with Gasteiger partial charge in [-0.25, -0.2) is 0 Å². The van der Waals surface area contributed by atoms with Gasteiger partial charge in [0.2, 0.25) is 0 Å². The number of hydrogen-bond donors (Lipinski definition) is 1. The molecule has 0 bridgehead atoms. The van der Waals surface area contributed by atoms with Gasteiger partial charge in [-0.15, -0.1) is 0 Å². The first-order valence-corrected chi connectivity index (χ1v) is 19.7. The van der Waals surface area contributed by atoms with E-state index in [1.165, 1.54) is 167 Å². The van der Waals surface area contributed by atoms with Gasteiger partial charge in [0.15, 0.2) is 0 Å². The van der Waals surface area contributed by atoms with Crippen LogP contribution in [-0.4, -0.2) is 4.98 Å². The standard InChI is InChI=1S/C51H64N2/c1-22-26(5)37(16)49(38(17)27(22)6)53(50-39(18)28(7)23(2)29(8)40(50)19)51-41(20)31(10)32(11)43(42(51)21)44-34(13)30(9)35(14)46-45-33(12)24(3)25(4)36(15)47(45)52-48(44)46/h52H,1-21H3. The Bertz CT molecular complexity index is 2470. The van der Waals surface area contributed by atoms with Crippen LogP contribution >= 0.6 is 0 Å². The molecule has 0 radical (unpaired) electrons. The predicted octanol–water partition coefficient (Wildman–Crippen LogP) is 14.9. The topological polar surface area (TPSA) is 19.0 Å². The average molecular weight is 705 g/mol. The molecule has 0 aliphatic heterocycles. The molecule has 0 saturated heterocycles. The van der Waals surface area contributed by atoms with Crippen LogP contribution in [0.4, 0.5) is 17.1 Å². The van der Waals surface area contributed by atoms with E-state index in [1.807, 2.05) is 0 Å². The highest BCUT2D eigenvalue weighted by Gasteiger charge is 2.31. The molecular weight excluding hydrogens is 641 g/mol. The summed E-state index contributed by atoms with van der Waals surface area (Å²) in [6.45, 7) is 48.9. The molecule has 5 aromatic carbocycles. The largest absolute Gasteiger partial charge is 0.354 e. The smallest absolute Gasteiger partial charge is 0.0550 e. The average Bonchev–Trinajstić information content (AvgIpc) is 3.53. The first-order chi connectivity index (χ1) is 24.6. The molecule has 53 heavy (non-hydrogen) atoms. The van der Waals surface area contributed by atoms with Crippen LogP contribution in [0.3, 0.4) is 0 Å². The number of aromatic amines is 1. The molecule has 0 saturated carbocycles. The summed E-state index contributed by atoms with van der Waals surface area (Å²) in [4.78, 5) is 6.80. The van der Waals surface area contributed by atoms with Crippen LogP contribution in [0.15, 0.2) is 0 Å². The number of aryl methyl sites for hydroxylation is 3. The van der Waals surface area contributed by atoms with E-state index < -0.39 is 0 Å². The SMILES string of the molecule is Cc1c(C)c(C)c(N(c2c(C)c(C)c(C)c(C)c2C)c2c(C)c(C)c(C)c(-c3c(C)c(C)c(C)c4c3[nH]c3c(C)c(C)c(C)c(C)c34)c2C)c(C)c1C. The Morgan fingerprint density at radius 2 is 0.491 bits per heavy atom. The lowest BCUT2D eigenvalue weighted by molar-refractivity contribution is 1.08. The molecule has 0 atom stereocenters. The number of H-pyrrole nitrogens is 1. The second-order valence-corrected chi connectivity index (χ2v) is 16.9.